The van der Waals surface area contributed by atoms with E-state index in [4.69, 9.17) is 4.74 Å². The minimum Gasteiger partial charge on any atom is -0.469 e. The molecule has 0 bridgehead atoms. The van der Waals surface area contributed by atoms with Gasteiger partial charge in [-0.3, -0.25) is 4.79 Å². The normalized spacial score (nSPS) is 25.5. The van der Waals surface area contributed by atoms with E-state index in [0.717, 1.165) is 32.4 Å². The average molecular weight is 239 g/mol. The van der Waals surface area contributed by atoms with Crippen molar-refractivity contribution in [3.63, 3.8) is 0 Å². The molecule has 0 radical (unpaired) electrons. The van der Waals surface area contributed by atoms with Crippen molar-refractivity contribution in [2.45, 2.75) is 32.1 Å². The maximum absolute atomic E-state index is 11.7. The summed E-state index contributed by atoms with van der Waals surface area (Å²) in [4.78, 5) is 14.0. The van der Waals surface area contributed by atoms with Gasteiger partial charge in [0.25, 0.3) is 0 Å². The number of nitrogens with zero attached hydrogens (tertiary/aromatic N) is 1. The van der Waals surface area contributed by atoms with E-state index in [9.17, 15) is 4.79 Å². The second-order valence-corrected chi connectivity index (χ2v) is 5.01. The Labute approximate surface area is 105 Å². The number of likely N-dealkylation sites (tertiary alicyclic amines) is 1. The minimum absolute atomic E-state index is 0.0368. The first-order valence-corrected chi connectivity index (χ1v) is 6.56. The number of piperidine rings is 1. The first kappa shape index (κ1) is 14.2. The predicted octanol–water partition coefficient (Wildman–Crippen LogP) is 2.47. The molecule has 3 nitrogen and oxygen atoms in total. The summed E-state index contributed by atoms with van der Waals surface area (Å²) in [5.74, 6) is 0.538. The summed E-state index contributed by atoms with van der Waals surface area (Å²) in [6, 6.07) is 0. The third-order valence-electron chi connectivity index (χ3n) is 3.70. The van der Waals surface area contributed by atoms with Crippen molar-refractivity contribution in [1.29, 1.82) is 0 Å². The number of hydrogen-bond acceptors (Lipinski definition) is 3. The molecule has 1 rings (SSSR count). The van der Waals surface area contributed by atoms with Gasteiger partial charge in [-0.25, -0.2) is 0 Å². The van der Waals surface area contributed by atoms with E-state index in [1.54, 1.807) is 0 Å². The van der Waals surface area contributed by atoms with E-state index in [0.29, 0.717) is 5.92 Å². The number of rotatable bonds is 6. The Bertz CT molecular complexity index is 253. The Morgan fingerprint density at radius 1 is 1.53 bits per heavy atom. The van der Waals surface area contributed by atoms with Crippen LogP contribution in [0.5, 0.6) is 0 Å². The van der Waals surface area contributed by atoms with Crippen molar-refractivity contribution in [2.75, 3.05) is 27.2 Å². The highest BCUT2D eigenvalue weighted by Gasteiger charge is 2.33. The topological polar surface area (TPSA) is 29.5 Å². The number of methoxy groups -OCH3 is 1. The fraction of sp³-hybridized carbons (Fsp3) is 0.786. The summed E-state index contributed by atoms with van der Waals surface area (Å²) < 4.78 is 4.91. The standard InChI is InChI=1S/C14H25NO2/c1-4-5-6-7-8-12-9-10-15(2)11-13(12)14(16)17-3/h4,12-13H,1,5-11H2,2-3H3/t12-,13-/m0/s1. The van der Waals surface area contributed by atoms with Gasteiger partial charge in [0.15, 0.2) is 0 Å². The number of unbranched alkanes of at least 4 members (excludes halogenated alkanes) is 2. The molecule has 0 spiro atoms. The van der Waals surface area contributed by atoms with Gasteiger partial charge in [0.05, 0.1) is 13.0 Å². The molecule has 1 aliphatic rings. The van der Waals surface area contributed by atoms with Crippen LogP contribution in [0.3, 0.4) is 0 Å². The van der Waals surface area contributed by atoms with E-state index >= 15 is 0 Å². The van der Waals surface area contributed by atoms with Gasteiger partial charge in [0.2, 0.25) is 0 Å². The number of carbonyl (C=O) groups excluding carboxylic acids is 1. The van der Waals surface area contributed by atoms with Crippen LogP contribution in [0.15, 0.2) is 12.7 Å². The molecule has 0 aromatic carbocycles. The van der Waals surface area contributed by atoms with Gasteiger partial charge in [-0.2, -0.15) is 0 Å². The summed E-state index contributed by atoms with van der Waals surface area (Å²) in [5.41, 5.74) is 0. The van der Waals surface area contributed by atoms with E-state index < -0.39 is 0 Å². The van der Waals surface area contributed by atoms with Crippen LogP contribution in [-0.2, 0) is 9.53 Å². The number of hydrogen-bond donors (Lipinski definition) is 0. The number of carbonyl (C=O) groups is 1. The molecule has 17 heavy (non-hydrogen) atoms. The van der Waals surface area contributed by atoms with Gasteiger partial charge < -0.3 is 9.64 Å². The SMILES string of the molecule is C=CCCCC[C@H]1CCN(C)C[C@@H]1C(=O)OC. The number of allylic oxidation sites excluding steroid dienone is 1. The Morgan fingerprint density at radius 2 is 2.29 bits per heavy atom. The first-order chi connectivity index (χ1) is 8.19. The molecule has 1 fully saturated rings. The molecule has 98 valence electrons. The molecule has 1 heterocycles. The van der Waals surface area contributed by atoms with Gasteiger partial charge in [-0.05, 0) is 45.2 Å². The Kier molecular flexibility index (Phi) is 6.27. The Hall–Kier alpha value is -0.830. The van der Waals surface area contributed by atoms with Crippen molar-refractivity contribution in [2.24, 2.45) is 11.8 Å². The summed E-state index contributed by atoms with van der Waals surface area (Å²) >= 11 is 0. The van der Waals surface area contributed by atoms with Crippen molar-refractivity contribution >= 4 is 5.97 Å². The lowest BCUT2D eigenvalue weighted by atomic mass is 9.82. The van der Waals surface area contributed by atoms with Crippen molar-refractivity contribution in [1.82, 2.24) is 4.90 Å². The minimum atomic E-state index is -0.0368. The lowest BCUT2D eigenvalue weighted by Gasteiger charge is -2.35. The van der Waals surface area contributed by atoms with E-state index in [-0.39, 0.29) is 11.9 Å². The Balaban J connectivity index is 2.43. The molecule has 1 saturated heterocycles. The number of esters is 1. The summed E-state index contributed by atoms with van der Waals surface area (Å²) in [6.45, 7) is 5.67. The van der Waals surface area contributed by atoms with Crippen molar-refractivity contribution < 1.29 is 9.53 Å². The third-order valence-corrected chi connectivity index (χ3v) is 3.70. The highest BCUT2D eigenvalue weighted by molar-refractivity contribution is 5.73. The maximum Gasteiger partial charge on any atom is 0.310 e. The summed E-state index contributed by atoms with van der Waals surface area (Å²) in [6.07, 6.45) is 7.67. The molecule has 0 aromatic rings. The molecule has 0 unspecified atom stereocenters. The largest absolute Gasteiger partial charge is 0.469 e. The molecule has 0 saturated carbocycles. The average Bonchev–Trinajstić information content (AvgIpc) is 2.35. The molecule has 0 amide bonds. The van der Waals surface area contributed by atoms with Crippen LogP contribution in [0, 0.1) is 11.8 Å². The highest BCUT2D eigenvalue weighted by Crippen LogP contribution is 2.28. The first-order valence-electron chi connectivity index (χ1n) is 6.56. The molecular formula is C14H25NO2. The van der Waals surface area contributed by atoms with E-state index in [2.05, 4.69) is 18.5 Å². The molecule has 3 heteroatoms. The van der Waals surface area contributed by atoms with E-state index in [1.165, 1.54) is 20.0 Å². The smallest absolute Gasteiger partial charge is 0.310 e. The van der Waals surface area contributed by atoms with Crippen LogP contribution in [0.4, 0.5) is 0 Å². The molecular weight excluding hydrogens is 214 g/mol. The monoisotopic (exact) mass is 239 g/mol. The zero-order valence-electron chi connectivity index (χ0n) is 11.2. The lowest BCUT2D eigenvalue weighted by Crippen LogP contribution is -2.42. The van der Waals surface area contributed by atoms with Gasteiger partial charge in [-0.15, -0.1) is 6.58 Å². The van der Waals surface area contributed by atoms with Crippen LogP contribution >= 0.6 is 0 Å². The zero-order chi connectivity index (χ0) is 12.7. The fourth-order valence-electron chi connectivity index (χ4n) is 2.62. The van der Waals surface area contributed by atoms with E-state index in [1.807, 2.05) is 6.08 Å². The molecule has 0 aromatic heterocycles. The van der Waals surface area contributed by atoms with Crippen LogP contribution < -0.4 is 0 Å². The lowest BCUT2D eigenvalue weighted by molar-refractivity contribution is -0.149. The van der Waals surface area contributed by atoms with Gasteiger partial charge in [0, 0.05) is 6.54 Å². The van der Waals surface area contributed by atoms with Crippen LogP contribution in [0.2, 0.25) is 0 Å². The molecule has 0 N–H and O–H groups in total. The van der Waals surface area contributed by atoms with Crippen molar-refractivity contribution in [3.05, 3.63) is 12.7 Å². The second-order valence-electron chi connectivity index (χ2n) is 5.01. The maximum atomic E-state index is 11.7. The van der Waals surface area contributed by atoms with Crippen LogP contribution in [0.1, 0.15) is 32.1 Å². The predicted molar refractivity (Wildman–Crippen MR) is 69.8 cm³/mol. The molecule has 2 atom stereocenters. The molecule has 0 aliphatic carbocycles. The van der Waals surface area contributed by atoms with Crippen molar-refractivity contribution in [3.8, 4) is 0 Å². The van der Waals surface area contributed by atoms with Gasteiger partial charge >= 0.3 is 5.97 Å². The van der Waals surface area contributed by atoms with Gasteiger partial charge in [-0.1, -0.05) is 12.5 Å². The quantitative estimate of drug-likeness (QED) is 0.405. The van der Waals surface area contributed by atoms with Gasteiger partial charge in [0.1, 0.15) is 0 Å². The highest BCUT2D eigenvalue weighted by atomic mass is 16.5. The third kappa shape index (κ3) is 4.50. The number of ether oxygens (including phenoxy) is 1. The summed E-state index contributed by atoms with van der Waals surface area (Å²) in [7, 11) is 3.57. The second kappa shape index (κ2) is 7.49. The summed E-state index contributed by atoms with van der Waals surface area (Å²) in [5, 5.41) is 0. The zero-order valence-corrected chi connectivity index (χ0v) is 11.2. The Morgan fingerprint density at radius 3 is 2.94 bits per heavy atom. The van der Waals surface area contributed by atoms with Crippen LogP contribution in [-0.4, -0.2) is 38.1 Å². The molecule has 1 aliphatic heterocycles. The fourth-order valence-corrected chi connectivity index (χ4v) is 2.62. The van der Waals surface area contributed by atoms with Crippen LogP contribution in [0.25, 0.3) is 0 Å².